The van der Waals surface area contributed by atoms with Gasteiger partial charge in [-0.1, -0.05) is 0 Å². The van der Waals surface area contributed by atoms with Crippen LogP contribution in [0.5, 0.6) is 0 Å². The molecule has 82 valence electrons. The molecule has 0 saturated heterocycles. The molecule has 2 N–H and O–H groups in total. The van der Waals surface area contributed by atoms with E-state index in [4.69, 9.17) is 0 Å². The van der Waals surface area contributed by atoms with Gasteiger partial charge in [-0.15, -0.1) is 0 Å². The summed E-state index contributed by atoms with van der Waals surface area (Å²) in [6, 6.07) is 2.90. The Balaban J connectivity index is 2.18. The monoisotopic (exact) mass is 219 g/mol. The molecule has 2 rings (SSSR count). The van der Waals surface area contributed by atoms with Gasteiger partial charge in [0.2, 0.25) is 11.4 Å². The fourth-order valence-electron chi connectivity index (χ4n) is 1.17. The number of aromatic nitrogens is 4. The number of carbonyl (C=O) groups is 1. The topological polar surface area (TPSA) is 92.7 Å². The zero-order valence-electron chi connectivity index (χ0n) is 8.47. The maximum atomic E-state index is 11.5. The second-order valence-electron chi connectivity index (χ2n) is 3.16. The predicted molar refractivity (Wildman–Crippen MR) is 56.0 cm³/mol. The van der Waals surface area contributed by atoms with Crippen molar-refractivity contribution >= 4 is 11.6 Å². The van der Waals surface area contributed by atoms with Gasteiger partial charge < -0.3 is 9.88 Å². The van der Waals surface area contributed by atoms with E-state index >= 15 is 0 Å². The third kappa shape index (κ3) is 1.97. The van der Waals surface area contributed by atoms with Gasteiger partial charge in [0.15, 0.2) is 0 Å². The van der Waals surface area contributed by atoms with Crippen LogP contribution < -0.4 is 10.9 Å². The molecule has 0 aliphatic carbocycles. The summed E-state index contributed by atoms with van der Waals surface area (Å²) in [5, 5.41) is 8.59. The molecule has 0 atom stereocenters. The summed E-state index contributed by atoms with van der Waals surface area (Å²) in [5.41, 5.74) is 0.376. The van der Waals surface area contributed by atoms with Crippen molar-refractivity contribution in [2.45, 2.75) is 0 Å². The number of H-pyrrole nitrogens is 1. The lowest BCUT2D eigenvalue weighted by Crippen LogP contribution is -2.18. The van der Waals surface area contributed by atoms with Crippen molar-refractivity contribution < 1.29 is 4.79 Å². The van der Waals surface area contributed by atoms with E-state index in [0.717, 1.165) is 0 Å². The molecule has 7 heteroatoms. The Morgan fingerprint density at radius 1 is 1.50 bits per heavy atom. The smallest absolute Gasteiger partial charge is 0.293 e. The van der Waals surface area contributed by atoms with Crippen LogP contribution in [0, 0.1) is 0 Å². The quantitative estimate of drug-likeness (QED) is 0.728. The largest absolute Gasteiger partial charge is 0.318 e. The van der Waals surface area contributed by atoms with E-state index in [1.807, 2.05) is 0 Å². The van der Waals surface area contributed by atoms with Gasteiger partial charge in [-0.3, -0.25) is 14.7 Å². The lowest BCUT2D eigenvalue weighted by Gasteiger charge is -2.04. The van der Waals surface area contributed by atoms with Crippen LogP contribution in [0.1, 0.15) is 10.6 Å². The molecule has 1 amide bonds. The van der Waals surface area contributed by atoms with Crippen LogP contribution in [0.3, 0.4) is 0 Å². The minimum Gasteiger partial charge on any atom is -0.318 e. The molecule has 0 aliphatic heterocycles. The van der Waals surface area contributed by atoms with Gasteiger partial charge in [-0.2, -0.15) is 5.10 Å². The Labute approximate surface area is 90.1 Å². The molecule has 0 radical (unpaired) electrons. The third-order valence-corrected chi connectivity index (χ3v) is 1.97. The molecule has 2 aromatic heterocycles. The number of rotatable bonds is 2. The SMILES string of the molecule is Cn1cc(NC(=O)c2ncn[nH]2)ccc1=O. The summed E-state index contributed by atoms with van der Waals surface area (Å²) in [6.45, 7) is 0. The van der Waals surface area contributed by atoms with Crippen LogP contribution in [0.25, 0.3) is 0 Å². The molecule has 0 spiro atoms. The first-order valence-electron chi connectivity index (χ1n) is 4.50. The molecule has 0 aromatic carbocycles. The van der Waals surface area contributed by atoms with E-state index in [1.165, 1.54) is 29.2 Å². The first kappa shape index (κ1) is 10.1. The number of amides is 1. The van der Waals surface area contributed by atoms with Crippen LogP contribution in [0.2, 0.25) is 0 Å². The third-order valence-electron chi connectivity index (χ3n) is 1.97. The van der Waals surface area contributed by atoms with Gasteiger partial charge >= 0.3 is 0 Å². The summed E-state index contributed by atoms with van der Waals surface area (Å²) in [6.07, 6.45) is 2.77. The van der Waals surface area contributed by atoms with Crippen LogP contribution in [0.4, 0.5) is 5.69 Å². The second-order valence-corrected chi connectivity index (χ2v) is 3.16. The van der Waals surface area contributed by atoms with Crippen molar-refractivity contribution in [3.05, 3.63) is 40.8 Å². The highest BCUT2D eigenvalue weighted by Crippen LogP contribution is 2.03. The van der Waals surface area contributed by atoms with E-state index in [-0.39, 0.29) is 11.4 Å². The summed E-state index contributed by atoms with van der Waals surface area (Å²) in [4.78, 5) is 26.4. The summed E-state index contributed by atoms with van der Waals surface area (Å²) in [7, 11) is 1.60. The second kappa shape index (κ2) is 3.97. The van der Waals surface area contributed by atoms with Crippen molar-refractivity contribution in [1.29, 1.82) is 0 Å². The van der Waals surface area contributed by atoms with Crippen LogP contribution in [0.15, 0.2) is 29.5 Å². The zero-order chi connectivity index (χ0) is 11.5. The molecule has 2 aromatic rings. The molecule has 16 heavy (non-hydrogen) atoms. The molecule has 0 unspecified atom stereocenters. The average molecular weight is 219 g/mol. The average Bonchev–Trinajstić information content (AvgIpc) is 2.77. The molecule has 7 nitrogen and oxygen atoms in total. The number of nitrogens with zero attached hydrogens (tertiary/aromatic N) is 3. The molecular weight excluding hydrogens is 210 g/mol. The van der Waals surface area contributed by atoms with Gasteiger partial charge in [0, 0.05) is 19.3 Å². The number of nitrogens with one attached hydrogen (secondary N) is 2. The molecule has 0 bridgehead atoms. The summed E-state index contributed by atoms with van der Waals surface area (Å²) in [5.74, 6) is -0.287. The van der Waals surface area contributed by atoms with Crippen LogP contribution in [-0.2, 0) is 7.05 Å². The first-order valence-corrected chi connectivity index (χ1v) is 4.50. The van der Waals surface area contributed by atoms with Crippen molar-refractivity contribution in [3.63, 3.8) is 0 Å². The van der Waals surface area contributed by atoms with E-state index in [0.29, 0.717) is 5.69 Å². The maximum absolute atomic E-state index is 11.5. The number of aromatic amines is 1. The van der Waals surface area contributed by atoms with Gasteiger partial charge in [-0.05, 0) is 6.07 Å². The van der Waals surface area contributed by atoms with Crippen molar-refractivity contribution in [2.24, 2.45) is 7.05 Å². The summed E-state index contributed by atoms with van der Waals surface area (Å²) < 4.78 is 1.37. The standard InChI is InChI=1S/C9H9N5O2/c1-14-4-6(2-3-7(14)15)12-9(16)8-10-5-11-13-8/h2-5H,1H3,(H,12,16)(H,10,11,13). The Kier molecular flexibility index (Phi) is 2.50. The van der Waals surface area contributed by atoms with E-state index in [9.17, 15) is 9.59 Å². The van der Waals surface area contributed by atoms with E-state index < -0.39 is 5.91 Å². The Bertz CT molecular complexity index is 558. The molecular formula is C9H9N5O2. The minimum absolute atomic E-state index is 0.119. The zero-order valence-corrected chi connectivity index (χ0v) is 8.47. The number of hydrogen-bond donors (Lipinski definition) is 2. The van der Waals surface area contributed by atoms with Crippen molar-refractivity contribution in [3.8, 4) is 0 Å². The Morgan fingerprint density at radius 3 is 2.94 bits per heavy atom. The van der Waals surface area contributed by atoms with Crippen LogP contribution in [-0.4, -0.2) is 25.7 Å². The molecule has 0 fully saturated rings. The number of aryl methyl sites for hydroxylation is 1. The number of hydrogen-bond acceptors (Lipinski definition) is 4. The fourth-order valence-corrected chi connectivity index (χ4v) is 1.17. The predicted octanol–water partition coefficient (Wildman–Crippen LogP) is -0.244. The highest BCUT2D eigenvalue weighted by atomic mass is 16.2. The number of anilines is 1. The molecule has 0 aliphatic rings. The van der Waals surface area contributed by atoms with Crippen molar-refractivity contribution in [1.82, 2.24) is 19.7 Å². The van der Waals surface area contributed by atoms with E-state index in [2.05, 4.69) is 20.5 Å². The highest BCUT2D eigenvalue weighted by Gasteiger charge is 2.08. The van der Waals surface area contributed by atoms with Crippen molar-refractivity contribution in [2.75, 3.05) is 5.32 Å². The van der Waals surface area contributed by atoms with Gasteiger partial charge in [-0.25, -0.2) is 4.98 Å². The lowest BCUT2D eigenvalue weighted by molar-refractivity contribution is 0.101. The highest BCUT2D eigenvalue weighted by molar-refractivity contribution is 6.01. The van der Waals surface area contributed by atoms with E-state index in [1.54, 1.807) is 7.05 Å². The normalized spacial score (nSPS) is 10.1. The van der Waals surface area contributed by atoms with Gasteiger partial charge in [0.25, 0.3) is 5.91 Å². The van der Waals surface area contributed by atoms with Crippen LogP contribution >= 0.6 is 0 Å². The van der Waals surface area contributed by atoms with Gasteiger partial charge in [0.1, 0.15) is 6.33 Å². The first-order chi connectivity index (χ1) is 7.66. The summed E-state index contributed by atoms with van der Waals surface area (Å²) >= 11 is 0. The molecule has 0 saturated carbocycles. The fraction of sp³-hybridized carbons (Fsp3) is 0.111. The minimum atomic E-state index is -0.406. The number of carbonyl (C=O) groups excluding carboxylic acids is 1. The Hall–Kier alpha value is -2.44. The molecule has 2 heterocycles. The Morgan fingerprint density at radius 2 is 2.31 bits per heavy atom. The number of pyridine rings is 1. The lowest BCUT2D eigenvalue weighted by atomic mass is 10.4. The van der Waals surface area contributed by atoms with Gasteiger partial charge in [0.05, 0.1) is 5.69 Å². The maximum Gasteiger partial charge on any atom is 0.293 e.